The Bertz CT molecular complexity index is 736. The molecule has 0 spiro atoms. The van der Waals surface area contributed by atoms with Gasteiger partial charge in [-0.1, -0.05) is 11.6 Å². The average molecular weight is 317 g/mol. The Balaban J connectivity index is 2.07. The lowest BCUT2D eigenvalue weighted by molar-refractivity contribution is 0.520. The number of fused-ring (bicyclic) bond motifs is 1. The topological polar surface area (TPSA) is 52.0 Å². The summed E-state index contributed by atoms with van der Waals surface area (Å²) in [6.07, 6.45) is 1.73. The smallest absolute Gasteiger partial charge is 0.134 e. The summed E-state index contributed by atoms with van der Waals surface area (Å²) in [6, 6.07) is 11.5. The molecule has 2 aromatic heterocycles. The molecule has 0 aliphatic carbocycles. The fourth-order valence-electron chi connectivity index (χ4n) is 2.10. The van der Waals surface area contributed by atoms with Gasteiger partial charge in [0.1, 0.15) is 17.4 Å². The van der Waals surface area contributed by atoms with Crippen molar-refractivity contribution in [3.63, 3.8) is 0 Å². The van der Waals surface area contributed by atoms with Crippen LogP contribution in [0.4, 0.5) is 0 Å². The van der Waals surface area contributed by atoms with Crippen molar-refractivity contribution in [2.75, 3.05) is 0 Å². The van der Waals surface area contributed by atoms with Gasteiger partial charge in [-0.2, -0.15) is 0 Å². The number of pyridine rings is 1. The van der Waals surface area contributed by atoms with Gasteiger partial charge in [0, 0.05) is 16.1 Å². The molecule has 19 heavy (non-hydrogen) atoms. The van der Waals surface area contributed by atoms with E-state index in [0.717, 1.165) is 26.9 Å². The molecule has 1 aromatic carbocycles. The third kappa shape index (κ3) is 2.29. The van der Waals surface area contributed by atoms with Gasteiger partial charge < -0.3 is 10.2 Å². The zero-order valence-corrected chi connectivity index (χ0v) is 12.0. The number of nitrogens with two attached hydrogens (primary N) is 1. The summed E-state index contributed by atoms with van der Waals surface area (Å²) < 4.78 is 6.70. The molecule has 0 aliphatic rings. The van der Waals surface area contributed by atoms with E-state index in [9.17, 15) is 0 Å². The highest BCUT2D eigenvalue weighted by atomic mass is 79.9. The van der Waals surface area contributed by atoms with E-state index in [4.69, 9.17) is 10.2 Å². The molecule has 0 saturated heterocycles. The molecule has 3 nitrogen and oxygen atoms in total. The number of aromatic nitrogens is 1. The molecule has 0 aliphatic heterocycles. The Hall–Kier alpha value is -1.65. The summed E-state index contributed by atoms with van der Waals surface area (Å²) in [5, 5.41) is 1.07. The standard InChI is InChI=1S/C15H13BrN2O/c1-9-4-5-12-10(7-9)8-13(19-12)14(17)15-11(16)3-2-6-18-15/h2-8,14H,17H2,1H3. The van der Waals surface area contributed by atoms with Gasteiger partial charge >= 0.3 is 0 Å². The van der Waals surface area contributed by atoms with E-state index < -0.39 is 0 Å². The van der Waals surface area contributed by atoms with Gasteiger partial charge in [-0.25, -0.2) is 0 Å². The van der Waals surface area contributed by atoms with Crippen molar-refractivity contribution >= 4 is 26.9 Å². The summed E-state index contributed by atoms with van der Waals surface area (Å²) in [4.78, 5) is 4.31. The molecule has 0 fully saturated rings. The Morgan fingerprint density at radius 2 is 2.11 bits per heavy atom. The van der Waals surface area contributed by atoms with E-state index >= 15 is 0 Å². The number of nitrogens with zero attached hydrogens (tertiary/aromatic N) is 1. The number of hydrogen-bond acceptors (Lipinski definition) is 3. The van der Waals surface area contributed by atoms with Crippen molar-refractivity contribution in [1.82, 2.24) is 4.98 Å². The van der Waals surface area contributed by atoms with Crippen molar-refractivity contribution in [2.24, 2.45) is 5.73 Å². The summed E-state index contributed by atoms with van der Waals surface area (Å²) in [7, 11) is 0. The number of halogens is 1. The Kier molecular flexibility index (Phi) is 3.12. The minimum absolute atomic E-state index is 0.372. The first-order chi connectivity index (χ1) is 9.15. The largest absolute Gasteiger partial charge is 0.459 e. The van der Waals surface area contributed by atoms with Gasteiger partial charge in [0.25, 0.3) is 0 Å². The summed E-state index contributed by atoms with van der Waals surface area (Å²) in [5.74, 6) is 0.722. The predicted molar refractivity (Wildman–Crippen MR) is 78.9 cm³/mol. The van der Waals surface area contributed by atoms with Crippen LogP contribution in [0.1, 0.15) is 23.1 Å². The highest BCUT2D eigenvalue weighted by Gasteiger charge is 2.17. The predicted octanol–water partition coefficient (Wildman–Crippen LogP) is 3.95. The highest BCUT2D eigenvalue weighted by Crippen LogP contribution is 2.29. The molecule has 0 radical (unpaired) electrons. The van der Waals surface area contributed by atoms with Crippen LogP contribution in [-0.2, 0) is 0 Å². The maximum absolute atomic E-state index is 6.23. The lowest BCUT2D eigenvalue weighted by atomic mass is 10.1. The maximum Gasteiger partial charge on any atom is 0.134 e. The Labute approximate surface area is 119 Å². The van der Waals surface area contributed by atoms with Gasteiger partial charge in [0.05, 0.1) is 5.69 Å². The normalized spacial score (nSPS) is 12.8. The van der Waals surface area contributed by atoms with E-state index in [1.165, 1.54) is 5.56 Å². The van der Waals surface area contributed by atoms with Gasteiger partial charge in [0.15, 0.2) is 0 Å². The molecular formula is C15H13BrN2O. The molecule has 0 bridgehead atoms. The second-order valence-corrected chi connectivity index (χ2v) is 5.39. The van der Waals surface area contributed by atoms with Gasteiger partial charge in [-0.15, -0.1) is 0 Å². The van der Waals surface area contributed by atoms with Gasteiger partial charge in [0.2, 0.25) is 0 Å². The molecule has 3 aromatic rings. The van der Waals surface area contributed by atoms with Gasteiger partial charge in [-0.3, -0.25) is 4.98 Å². The zero-order chi connectivity index (χ0) is 13.4. The Morgan fingerprint density at radius 1 is 1.26 bits per heavy atom. The third-order valence-electron chi connectivity index (χ3n) is 3.08. The first-order valence-electron chi connectivity index (χ1n) is 6.01. The second-order valence-electron chi connectivity index (χ2n) is 4.54. The van der Waals surface area contributed by atoms with Crippen LogP contribution in [0.15, 0.2) is 51.5 Å². The summed E-state index contributed by atoms with van der Waals surface area (Å²) in [5.41, 5.74) is 9.06. The lowest BCUT2D eigenvalue weighted by Gasteiger charge is -2.09. The first-order valence-corrected chi connectivity index (χ1v) is 6.80. The number of hydrogen-bond donors (Lipinski definition) is 1. The SMILES string of the molecule is Cc1ccc2oc(C(N)c3ncccc3Br)cc2c1. The average Bonchev–Trinajstić information content (AvgIpc) is 2.81. The highest BCUT2D eigenvalue weighted by molar-refractivity contribution is 9.10. The monoisotopic (exact) mass is 316 g/mol. The number of rotatable bonds is 2. The van der Waals surface area contributed by atoms with Crippen LogP contribution in [0.5, 0.6) is 0 Å². The number of aryl methyl sites for hydroxylation is 1. The molecule has 2 N–H and O–H groups in total. The van der Waals surface area contributed by atoms with Crippen molar-refractivity contribution < 1.29 is 4.42 Å². The zero-order valence-electron chi connectivity index (χ0n) is 10.4. The van der Waals surface area contributed by atoms with E-state index in [0.29, 0.717) is 0 Å². The van der Waals surface area contributed by atoms with Crippen molar-refractivity contribution in [2.45, 2.75) is 13.0 Å². The maximum atomic E-state index is 6.23. The summed E-state index contributed by atoms with van der Waals surface area (Å²) in [6.45, 7) is 2.06. The van der Waals surface area contributed by atoms with E-state index in [1.54, 1.807) is 6.20 Å². The minimum Gasteiger partial charge on any atom is -0.459 e. The molecule has 1 unspecified atom stereocenters. The third-order valence-corrected chi connectivity index (χ3v) is 3.75. The quantitative estimate of drug-likeness (QED) is 0.779. The van der Waals surface area contributed by atoms with Gasteiger partial charge in [-0.05, 0) is 53.2 Å². The van der Waals surface area contributed by atoms with Crippen LogP contribution in [0, 0.1) is 6.92 Å². The number of furan rings is 1. The van der Waals surface area contributed by atoms with Crippen molar-refractivity contribution in [1.29, 1.82) is 0 Å². The Morgan fingerprint density at radius 3 is 2.89 bits per heavy atom. The molecule has 3 rings (SSSR count). The molecule has 4 heteroatoms. The minimum atomic E-state index is -0.372. The first kappa shape index (κ1) is 12.4. The lowest BCUT2D eigenvalue weighted by Crippen LogP contribution is -2.13. The number of benzene rings is 1. The molecule has 1 atom stereocenters. The molecule has 2 heterocycles. The fourth-order valence-corrected chi connectivity index (χ4v) is 2.60. The van der Waals surface area contributed by atoms with Crippen LogP contribution >= 0.6 is 15.9 Å². The van der Waals surface area contributed by atoms with Crippen LogP contribution in [0.3, 0.4) is 0 Å². The van der Waals surface area contributed by atoms with Crippen LogP contribution < -0.4 is 5.73 Å². The van der Waals surface area contributed by atoms with Crippen LogP contribution in [0.2, 0.25) is 0 Å². The molecule has 0 amide bonds. The van der Waals surface area contributed by atoms with Crippen molar-refractivity contribution in [3.05, 3.63) is 64.1 Å². The van der Waals surface area contributed by atoms with Crippen molar-refractivity contribution in [3.8, 4) is 0 Å². The van der Waals surface area contributed by atoms with E-state index in [-0.39, 0.29) is 6.04 Å². The van der Waals surface area contributed by atoms with E-state index in [2.05, 4.69) is 33.9 Å². The van der Waals surface area contributed by atoms with Crippen LogP contribution in [-0.4, -0.2) is 4.98 Å². The van der Waals surface area contributed by atoms with Crippen LogP contribution in [0.25, 0.3) is 11.0 Å². The summed E-state index contributed by atoms with van der Waals surface area (Å²) >= 11 is 3.47. The molecule has 96 valence electrons. The second kappa shape index (κ2) is 4.79. The molecule has 0 saturated carbocycles. The molecular weight excluding hydrogens is 304 g/mol. The van der Waals surface area contributed by atoms with E-state index in [1.807, 2.05) is 30.3 Å². The fraction of sp³-hybridized carbons (Fsp3) is 0.133.